The minimum absolute atomic E-state index is 0.0192. The van der Waals surface area contributed by atoms with E-state index in [0.29, 0.717) is 0 Å². The van der Waals surface area contributed by atoms with Gasteiger partial charge in [0.2, 0.25) is 5.91 Å². The topological polar surface area (TPSA) is 29.1 Å². The molecule has 0 unspecified atom stereocenters. The molecule has 0 aromatic heterocycles. The Morgan fingerprint density at radius 3 is 2.73 bits per heavy atom. The van der Waals surface area contributed by atoms with E-state index in [1.165, 1.54) is 12.5 Å². The smallest absolute Gasteiger partial charge is 0.220 e. The van der Waals surface area contributed by atoms with Crippen LogP contribution >= 0.6 is 0 Å². The number of carbonyl (C=O) groups excluding carboxylic acids is 1. The Kier molecular flexibility index (Phi) is 5.23. The maximum Gasteiger partial charge on any atom is 0.220 e. The second-order valence-corrected chi connectivity index (χ2v) is 3.48. The van der Waals surface area contributed by atoms with Crippen molar-refractivity contribution in [3.8, 4) is 0 Å². The second-order valence-electron chi connectivity index (χ2n) is 3.48. The number of rotatable bonds is 5. The van der Waals surface area contributed by atoms with Crippen molar-refractivity contribution in [1.29, 1.82) is 0 Å². The van der Waals surface area contributed by atoms with E-state index < -0.39 is 0 Å². The number of amides is 1. The molecule has 2 nitrogen and oxygen atoms in total. The predicted molar refractivity (Wildman–Crippen MR) is 62.3 cm³/mol. The van der Waals surface area contributed by atoms with Crippen LogP contribution in [0.2, 0.25) is 0 Å². The predicted octanol–water partition coefficient (Wildman–Crippen LogP) is 2.66. The van der Waals surface area contributed by atoms with Crippen LogP contribution in [0.3, 0.4) is 0 Å². The first-order valence-corrected chi connectivity index (χ1v) is 5.25. The second kappa shape index (κ2) is 6.82. The molecule has 15 heavy (non-hydrogen) atoms. The Labute approximate surface area is 91.0 Å². The lowest BCUT2D eigenvalue weighted by atomic mass is 10.1. The first kappa shape index (κ1) is 11.5. The summed E-state index contributed by atoms with van der Waals surface area (Å²) in [6, 6.07) is 10.4. The molecule has 0 aliphatic heterocycles. The molecular weight excluding hydrogens is 186 g/mol. The van der Waals surface area contributed by atoms with E-state index in [2.05, 4.69) is 29.6 Å². The van der Waals surface area contributed by atoms with E-state index >= 15 is 0 Å². The monoisotopic (exact) mass is 203 g/mol. The van der Waals surface area contributed by atoms with Gasteiger partial charge in [0.05, 0.1) is 0 Å². The normalized spacial score (nSPS) is 10.5. The van der Waals surface area contributed by atoms with Gasteiger partial charge in [-0.2, -0.15) is 0 Å². The molecule has 0 atom stereocenters. The number of benzene rings is 1. The Morgan fingerprint density at radius 1 is 1.33 bits per heavy atom. The SMILES string of the molecule is CC(=O)NC=CCCCc1ccccc1. The fourth-order valence-electron chi connectivity index (χ4n) is 1.33. The van der Waals surface area contributed by atoms with Gasteiger partial charge >= 0.3 is 0 Å². The van der Waals surface area contributed by atoms with Gasteiger partial charge in [0, 0.05) is 6.92 Å². The number of unbranched alkanes of at least 4 members (excludes halogenated alkanes) is 1. The molecule has 0 spiro atoms. The molecule has 0 aliphatic carbocycles. The maximum absolute atomic E-state index is 10.5. The van der Waals surface area contributed by atoms with E-state index in [0.717, 1.165) is 19.3 Å². The molecule has 0 radical (unpaired) electrons. The van der Waals surface area contributed by atoms with Crippen molar-refractivity contribution in [2.24, 2.45) is 0 Å². The van der Waals surface area contributed by atoms with Gasteiger partial charge in [0.15, 0.2) is 0 Å². The van der Waals surface area contributed by atoms with Crippen molar-refractivity contribution < 1.29 is 4.79 Å². The van der Waals surface area contributed by atoms with Crippen LogP contribution in [0.4, 0.5) is 0 Å². The van der Waals surface area contributed by atoms with Crippen molar-refractivity contribution >= 4 is 5.91 Å². The number of hydrogen-bond acceptors (Lipinski definition) is 1. The van der Waals surface area contributed by atoms with Crippen LogP contribution < -0.4 is 5.32 Å². The lowest BCUT2D eigenvalue weighted by Gasteiger charge is -1.98. The number of aryl methyl sites for hydroxylation is 1. The van der Waals surface area contributed by atoms with Crippen molar-refractivity contribution in [3.05, 3.63) is 48.2 Å². The molecular formula is C13H17NO. The molecule has 1 aromatic carbocycles. The zero-order valence-electron chi connectivity index (χ0n) is 9.07. The fourth-order valence-corrected chi connectivity index (χ4v) is 1.33. The van der Waals surface area contributed by atoms with Crippen LogP contribution in [0.5, 0.6) is 0 Å². The zero-order valence-corrected chi connectivity index (χ0v) is 9.07. The average molecular weight is 203 g/mol. The van der Waals surface area contributed by atoms with Crippen molar-refractivity contribution in [3.63, 3.8) is 0 Å². The summed E-state index contributed by atoms with van der Waals surface area (Å²) in [6.07, 6.45) is 6.90. The standard InChI is InChI=1S/C13H17NO/c1-12(15)14-11-7-3-6-10-13-8-4-2-5-9-13/h2,4-5,7-9,11H,3,6,10H2,1H3,(H,14,15). The number of nitrogens with one attached hydrogen (secondary N) is 1. The zero-order chi connectivity index (χ0) is 10.9. The third kappa shape index (κ3) is 5.68. The van der Waals surface area contributed by atoms with Crippen molar-refractivity contribution in [2.45, 2.75) is 26.2 Å². The summed E-state index contributed by atoms with van der Waals surface area (Å²) < 4.78 is 0. The highest BCUT2D eigenvalue weighted by molar-refractivity contribution is 5.73. The van der Waals surface area contributed by atoms with Gasteiger partial charge < -0.3 is 5.32 Å². The molecule has 0 aliphatic rings. The molecule has 0 saturated heterocycles. The van der Waals surface area contributed by atoms with Crippen LogP contribution in [0, 0.1) is 0 Å². The molecule has 1 amide bonds. The van der Waals surface area contributed by atoms with Gasteiger partial charge in [0.1, 0.15) is 0 Å². The third-order valence-electron chi connectivity index (χ3n) is 2.08. The summed E-state index contributed by atoms with van der Waals surface area (Å²) in [5.74, 6) is -0.0192. The third-order valence-corrected chi connectivity index (χ3v) is 2.08. The minimum Gasteiger partial charge on any atom is -0.333 e. The van der Waals surface area contributed by atoms with E-state index in [9.17, 15) is 4.79 Å². The van der Waals surface area contributed by atoms with E-state index in [-0.39, 0.29) is 5.91 Å². The lowest BCUT2D eigenvalue weighted by molar-refractivity contribution is -0.118. The summed E-state index contributed by atoms with van der Waals surface area (Å²) in [7, 11) is 0. The Bertz CT molecular complexity index is 317. The summed E-state index contributed by atoms with van der Waals surface area (Å²) in [6.45, 7) is 1.51. The quantitative estimate of drug-likeness (QED) is 0.732. The van der Waals surface area contributed by atoms with Crippen LogP contribution in [0.15, 0.2) is 42.6 Å². The molecule has 0 heterocycles. The average Bonchev–Trinajstić information content (AvgIpc) is 2.24. The molecule has 0 fully saturated rings. The van der Waals surface area contributed by atoms with Gasteiger partial charge in [0.25, 0.3) is 0 Å². The van der Waals surface area contributed by atoms with Crippen LogP contribution in [-0.2, 0) is 11.2 Å². The summed E-state index contributed by atoms with van der Waals surface area (Å²) >= 11 is 0. The molecule has 2 heteroatoms. The largest absolute Gasteiger partial charge is 0.333 e. The van der Waals surface area contributed by atoms with Gasteiger partial charge in [-0.15, -0.1) is 0 Å². The van der Waals surface area contributed by atoms with Crippen molar-refractivity contribution in [1.82, 2.24) is 5.32 Å². The van der Waals surface area contributed by atoms with Crippen LogP contribution in [-0.4, -0.2) is 5.91 Å². The van der Waals surface area contributed by atoms with Crippen LogP contribution in [0.25, 0.3) is 0 Å². The highest BCUT2D eigenvalue weighted by atomic mass is 16.1. The Morgan fingerprint density at radius 2 is 2.07 bits per heavy atom. The Balaban J connectivity index is 2.12. The van der Waals surface area contributed by atoms with Gasteiger partial charge in [-0.3, -0.25) is 4.79 Å². The highest BCUT2D eigenvalue weighted by Crippen LogP contribution is 2.04. The first-order valence-electron chi connectivity index (χ1n) is 5.25. The molecule has 1 aromatic rings. The summed E-state index contributed by atoms with van der Waals surface area (Å²) in [5.41, 5.74) is 1.37. The molecule has 1 N–H and O–H groups in total. The summed E-state index contributed by atoms with van der Waals surface area (Å²) in [4.78, 5) is 10.5. The number of allylic oxidation sites excluding steroid dienone is 1. The van der Waals surface area contributed by atoms with Crippen molar-refractivity contribution in [2.75, 3.05) is 0 Å². The molecule has 80 valence electrons. The first-order chi connectivity index (χ1) is 7.29. The lowest BCUT2D eigenvalue weighted by Crippen LogP contribution is -2.11. The molecule has 0 saturated carbocycles. The van der Waals surface area contributed by atoms with Gasteiger partial charge in [-0.05, 0) is 31.0 Å². The number of hydrogen-bond donors (Lipinski definition) is 1. The number of carbonyl (C=O) groups is 1. The highest BCUT2D eigenvalue weighted by Gasteiger charge is 1.89. The van der Waals surface area contributed by atoms with E-state index in [1.807, 2.05) is 12.1 Å². The summed E-state index contributed by atoms with van der Waals surface area (Å²) in [5, 5.41) is 2.62. The Hall–Kier alpha value is -1.57. The maximum atomic E-state index is 10.5. The van der Waals surface area contributed by atoms with E-state index in [4.69, 9.17) is 0 Å². The minimum atomic E-state index is -0.0192. The molecule has 1 rings (SSSR count). The van der Waals surface area contributed by atoms with Gasteiger partial charge in [-0.1, -0.05) is 36.4 Å². The van der Waals surface area contributed by atoms with Crippen LogP contribution in [0.1, 0.15) is 25.3 Å². The van der Waals surface area contributed by atoms with E-state index in [1.54, 1.807) is 6.20 Å². The fraction of sp³-hybridized carbons (Fsp3) is 0.308. The molecule has 0 bridgehead atoms. The van der Waals surface area contributed by atoms with Gasteiger partial charge in [-0.25, -0.2) is 0 Å².